The second kappa shape index (κ2) is 4.13. The Labute approximate surface area is 82.5 Å². The first-order valence-corrected chi connectivity index (χ1v) is 4.36. The maximum Gasteiger partial charge on any atom is 0.140 e. The monoisotopic (exact) mass is 251 g/mol. The molecule has 0 amide bonds. The van der Waals surface area contributed by atoms with Crippen LogP contribution in [0.2, 0.25) is 0 Å². The van der Waals surface area contributed by atoms with Gasteiger partial charge in [-0.3, -0.25) is 0 Å². The summed E-state index contributed by atoms with van der Waals surface area (Å²) in [6.07, 6.45) is 0. The molecule has 0 saturated carbocycles. The van der Waals surface area contributed by atoms with Gasteiger partial charge in [-0.2, -0.15) is 0 Å². The number of nitrogens with two attached hydrogens (primary N) is 1. The third kappa shape index (κ3) is 2.24. The van der Waals surface area contributed by atoms with E-state index < -0.39 is 17.7 Å². The van der Waals surface area contributed by atoms with Crippen LogP contribution in [-0.2, 0) is 0 Å². The molecule has 1 rings (SSSR count). The highest BCUT2D eigenvalue weighted by atomic mass is 79.9. The molecule has 0 aliphatic rings. The van der Waals surface area contributed by atoms with Crippen LogP contribution < -0.4 is 5.73 Å². The van der Waals surface area contributed by atoms with E-state index in [1.165, 1.54) is 0 Å². The fraction of sp³-hybridized carbons (Fsp3) is 0.250. The number of rotatable bonds is 2. The Kier molecular flexibility index (Phi) is 3.35. The average molecular weight is 252 g/mol. The van der Waals surface area contributed by atoms with Crippen molar-refractivity contribution < 1.29 is 13.9 Å². The second-order valence-corrected chi connectivity index (χ2v) is 3.38. The fourth-order valence-electron chi connectivity index (χ4n) is 0.895. The molecule has 72 valence electrons. The van der Waals surface area contributed by atoms with Gasteiger partial charge >= 0.3 is 0 Å². The summed E-state index contributed by atoms with van der Waals surface area (Å²) in [5.41, 5.74) is 5.62. The van der Waals surface area contributed by atoms with Crippen LogP contribution in [0.3, 0.4) is 0 Å². The molecule has 0 heterocycles. The van der Waals surface area contributed by atoms with Crippen molar-refractivity contribution in [3.63, 3.8) is 0 Å². The molecule has 0 aromatic heterocycles. The lowest BCUT2D eigenvalue weighted by molar-refractivity contribution is 0.267. The minimum absolute atomic E-state index is 0.221. The van der Waals surface area contributed by atoms with Gasteiger partial charge in [-0.05, 0) is 33.6 Å². The normalized spacial score (nSPS) is 13.0. The van der Waals surface area contributed by atoms with Crippen LogP contribution in [0.1, 0.15) is 11.6 Å². The Morgan fingerprint density at radius 1 is 1.38 bits per heavy atom. The molecule has 0 aliphatic heterocycles. The predicted molar refractivity (Wildman–Crippen MR) is 48.1 cm³/mol. The standard InChI is InChI=1S/C8H8BrF2NO/c9-8-5(10)1-4(2-6(8)11)7(12)3-13/h1-2,7,13H,3,12H2. The zero-order valence-electron chi connectivity index (χ0n) is 6.60. The molecule has 0 radical (unpaired) electrons. The van der Waals surface area contributed by atoms with Gasteiger partial charge < -0.3 is 10.8 Å². The number of aliphatic hydroxyl groups excluding tert-OH is 1. The Bertz CT molecular complexity index is 296. The molecule has 5 heteroatoms. The Morgan fingerprint density at radius 3 is 2.23 bits per heavy atom. The van der Waals surface area contributed by atoms with Crippen LogP contribution in [0.5, 0.6) is 0 Å². The summed E-state index contributed by atoms with van der Waals surface area (Å²) in [6, 6.07) is 1.43. The first kappa shape index (κ1) is 10.6. The minimum Gasteiger partial charge on any atom is -0.394 e. The van der Waals surface area contributed by atoms with Gasteiger partial charge in [0.25, 0.3) is 0 Å². The molecule has 0 fully saturated rings. The zero-order valence-corrected chi connectivity index (χ0v) is 8.18. The molecule has 0 bridgehead atoms. The van der Waals surface area contributed by atoms with Crippen molar-refractivity contribution in [1.29, 1.82) is 0 Å². The highest BCUT2D eigenvalue weighted by Crippen LogP contribution is 2.23. The molecule has 13 heavy (non-hydrogen) atoms. The molecule has 0 aliphatic carbocycles. The smallest absolute Gasteiger partial charge is 0.140 e. The molecule has 3 N–H and O–H groups in total. The van der Waals surface area contributed by atoms with Crippen molar-refractivity contribution in [3.8, 4) is 0 Å². The van der Waals surface area contributed by atoms with E-state index in [4.69, 9.17) is 10.8 Å². The number of hydrogen-bond donors (Lipinski definition) is 2. The largest absolute Gasteiger partial charge is 0.394 e. The maximum absolute atomic E-state index is 12.9. The lowest BCUT2D eigenvalue weighted by Crippen LogP contribution is -2.15. The van der Waals surface area contributed by atoms with Crippen molar-refractivity contribution >= 4 is 15.9 Å². The number of aliphatic hydroxyl groups is 1. The molecule has 1 atom stereocenters. The van der Waals surface area contributed by atoms with Gasteiger partial charge in [-0.25, -0.2) is 8.78 Å². The lowest BCUT2D eigenvalue weighted by atomic mass is 10.1. The maximum atomic E-state index is 12.9. The van der Waals surface area contributed by atoms with Gasteiger partial charge in [0, 0.05) is 0 Å². The van der Waals surface area contributed by atoms with Gasteiger partial charge in [0.05, 0.1) is 17.1 Å². The highest BCUT2D eigenvalue weighted by molar-refractivity contribution is 9.10. The molecule has 1 unspecified atom stereocenters. The van der Waals surface area contributed by atoms with Crippen LogP contribution in [0, 0.1) is 11.6 Å². The van der Waals surface area contributed by atoms with Crippen LogP contribution in [0.15, 0.2) is 16.6 Å². The van der Waals surface area contributed by atoms with E-state index in [9.17, 15) is 8.78 Å². The van der Waals surface area contributed by atoms with E-state index in [1.54, 1.807) is 0 Å². The summed E-state index contributed by atoms with van der Waals surface area (Å²) >= 11 is 2.73. The van der Waals surface area contributed by atoms with Crippen LogP contribution >= 0.6 is 15.9 Å². The quantitative estimate of drug-likeness (QED) is 0.787. The summed E-state index contributed by atoms with van der Waals surface area (Å²) in [5.74, 6) is -1.45. The number of benzene rings is 1. The van der Waals surface area contributed by atoms with Crippen molar-refractivity contribution in [2.24, 2.45) is 5.73 Å². The summed E-state index contributed by atoms with van der Waals surface area (Å²) < 4.78 is 25.6. The molecule has 0 saturated heterocycles. The number of hydrogen-bond acceptors (Lipinski definition) is 2. The van der Waals surface area contributed by atoms with E-state index in [0.717, 1.165) is 12.1 Å². The van der Waals surface area contributed by atoms with Gasteiger partial charge in [0.2, 0.25) is 0 Å². The minimum atomic E-state index is -0.753. The summed E-state index contributed by atoms with van der Waals surface area (Å²) in [6.45, 7) is -0.347. The molecule has 0 spiro atoms. The molecular weight excluding hydrogens is 244 g/mol. The van der Waals surface area contributed by atoms with E-state index in [1.807, 2.05) is 0 Å². The van der Waals surface area contributed by atoms with E-state index >= 15 is 0 Å². The van der Waals surface area contributed by atoms with E-state index in [2.05, 4.69) is 15.9 Å². The average Bonchev–Trinajstić information content (AvgIpc) is 2.12. The molecule has 1 aromatic carbocycles. The van der Waals surface area contributed by atoms with E-state index in [-0.39, 0.29) is 16.6 Å². The first-order chi connectivity index (χ1) is 6.06. The molecule has 2 nitrogen and oxygen atoms in total. The summed E-state index contributed by atoms with van der Waals surface area (Å²) in [7, 11) is 0. The Morgan fingerprint density at radius 2 is 1.85 bits per heavy atom. The predicted octanol–water partition coefficient (Wildman–Crippen LogP) is 1.72. The van der Waals surface area contributed by atoms with Crippen LogP contribution in [-0.4, -0.2) is 11.7 Å². The third-order valence-corrected chi connectivity index (χ3v) is 2.39. The van der Waals surface area contributed by atoms with Gasteiger partial charge in [0.1, 0.15) is 11.6 Å². The summed E-state index contributed by atoms with van der Waals surface area (Å²) in [4.78, 5) is 0. The molecule has 1 aromatic rings. The SMILES string of the molecule is NC(CO)c1cc(F)c(Br)c(F)c1. The van der Waals surface area contributed by atoms with Gasteiger partial charge in [-0.1, -0.05) is 0 Å². The van der Waals surface area contributed by atoms with Crippen molar-refractivity contribution in [1.82, 2.24) is 0 Å². The van der Waals surface area contributed by atoms with E-state index in [0.29, 0.717) is 0 Å². The van der Waals surface area contributed by atoms with Crippen LogP contribution in [0.25, 0.3) is 0 Å². The fourth-order valence-corrected chi connectivity index (χ4v) is 1.12. The van der Waals surface area contributed by atoms with Crippen molar-refractivity contribution in [2.75, 3.05) is 6.61 Å². The lowest BCUT2D eigenvalue weighted by Gasteiger charge is -2.09. The third-order valence-electron chi connectivity index (χ3n) is 1.63. The van der Waals surface area contributed by atoms with Crippen molar-refractivity contribution in [2.45, 2.75) is 6.04 Å². The Balaban J connectivity index is 3.13. The van der Waals surface area contributed by atoms with Gasteiger partial charge in [-0.15, -0.1) is 0 Å². The van der Waals surface area contributed by atoms with Crippen molar-refractivity contribution in [3.05, 3.63) is 33.8 Å². The number of halogens is 3. The zero-order chi connectivity index (χ0) is 10.0. The first-order valence-electron chi connectivity index (χ1n) is 3.57. The Hall–Kier alpha value is -0.520. The van der Waals surface area contributed by atoms with Gasteiger partial charge in [0.15, 0.2) is 0 Å². The topological polar surface area (TPSA) is 46.2 Å². The van der Waals surface area contributed by atoms with Crippen LogP contribution in [0.4, 0.5) is 8.78 Å². The molecular formula is C8H8BrF2NO. The summed E-state index contributed by atoms with van der Waals surface area (Å²) in [5, 5.41) is 8.66. The highest BCUT2D eigenvalue weighted by Gasteiger charge is 2.12. The second-order valence-electron chi connectivity index (χ2n) is 2.59.